The van der Waals surface area contributed by atoms with Gasteiger partial charge >= 0.3 is 0 Å². The third-order valence-electron chi connectivity index (χ3n) is 2.74. The van der Waals surface area contributed by atoms with E-state index in [1.807, 2.05) is 0 Å². The van der Waals surface area contributed by atoms with Crippen molar-refractivity contribution >= 4 is 28.9 Å². The van der Waals surface area contributed by atoms with Crippen LogP contribution >= 0.6 is 11.6 Å². The molecule has 80 valence electrons. The lowest BCUT2D eigenvalue weighted by Gasteiger charge is -2.24. The van der Waals surface area contributed by atoms with Gasteiger partial charge in [-0.25, -0.2) is 0 Å². The first-order chi connectivity index (χ1) is 7.16. The van der Waals surface area contributed by atoms with E-state index in [-0.39, 0.29) is 11.8 Å². The summed E-state index contributed by atoms with van der Waals surface area (Å²) in [6, 6.07) is 5.13. The van der Waals surface area contributed by atoms with Crippen LogP contribution in [0.25, 0.3) is 0 Å². The first kappa shape index (κ1) is 10.3. The number of nitrogens with two attached hydrogens (primary N) is 1. The van der Waals surface area contributed by atoms with E-state index in [2.05, 4.69) is 5.32 Å². The summed E-state index contributed by atoms with van der Waals surface area (Å²) >= 11 is 5.85. The van der Waals surface area contributed by atoms with Crippen LogP contribution in [0.5, 0.6) is 0 Å². The molecule has 0 spiro atoms. The normalized spacial score (nSPS) is 15.8. The molecule has 1 aromatic rings. The molecule has 3 nitrogen and oxygen atoms in total. The van der Waals surface area contributed by atoms with Crippen LogP contribution in [0.4, 0.5) is 11.4 Å². The summed E-state index contributed by atoms with van der Waals surface area (Å²) in [4.78, 5) is 11.6. The van der Waals surface area contributed by atoms with Gasteiger partial charge in [-0.2, -0.15) is 0 Å². The largest absolute Gasteiger partial charge is 0.398 e. The fraction of sp³-hybridized carbons (Fsp3) is 0.364. The van der Waals surface area contributed by atoms with Gasteiger partial charge in [-0.05, 0) is 31.0 Å². The van der Waals surface area contributed by atoms with E-state index in [9.17, 15) is 4.79 Å². The molecule has 3 N–H and O–H groups in total. The number of hydrogen-bond donors (Lipinski definition) is 2. The van der Waals surface area contributed by atoms with Gasteiger partial charge in [-0.1, -0.05) is 18.0 Å². The highest BCUT2D eigenvalue weighted by Gasteiger charge is 2.25. The van der Waals surface area contributed by atoms with Crippen LogP contribution in [0.2, 0.25) is 5.02 Å². The highest BCUT2D eigenvalue weighted by molar-refractivity contribution is 6.33. The molecule has 0 atom stereocenters. The third-order valence-corrected chi connectivity index (χ3v) is 3.07. The fourth-order valence-corrected chi connectivity index (χ4v) is 1.70. The molecule has 1 fully saturated rings. The van der Waals surface area contributed by atoms with Gasteiger partial charge in [0, 0.05) is 11.6 Å². The molecule has 0 saturated heterocycles. The summed E-state index contributed by atoms with van der Waals surface area (Å²) in [7, 11) is 0. The van der Waals surface area contributed by atoms with Crippen molar-refractivity contribution in [2.24, 2.45) is 5.92 Å². The predicted molar refractivity (Wildman–Crippen MR) is 61.8 cm³/mol. The van der Waals surface area contributed by atoms with Gasteiger partial charge in [0.1, 0.15) is 0 Å². The molecular formula is C11H13ClN2O. The van der Waals surface area contributed by atoms with Crippen LogP contribution in [0, 0.1) is 5.92 Å². The standard InChI is InChI=1S/C11H13ClN2O/c12-9-6-8(4-5-10(9)13)14-11(15)7-2-1-3-7/h4-7H,1-3,13H2,(H,14,15). The summed E-state index contributed by atoms with van der Waals surface area (Å²) < 4.78 is 0. The van der Waals surface area contributed by atoms with Gasteiger partial charge in [-0.15, -0.1) is 0 Å². The van der Waals surface area contributed by atoms with E-state index < -0.39 is 0 Å². The maximum Gasteiger partial charge on any atom is 0.227 e. The van der Waals surface area contributed by atoms with E-state index in [0.717, 1.165) is 19.3 Å². The van der Waals surface area contributed by atoms with Crippen LogP contribution in [-0.2, 0) is 4.79 Å². The Morgan fingerprint density at radius 3 is 2.73 bits per heavy atom. The van der Waals surface area contributed by atoms with E-state index in [0.29, 0.717) is 16.4 Å². The second-order valence-electron chi connectivity index (χ2n) is 3.85. The van der Waals surface area contributed by atoms with Gasteiger partial charge in [0.2, 0.25) is 5.91 Å². The lowest BCUT2D eigenvalue weighted by molar-refractivity contribution is -0.122. The zero-order valence-electron chi connectivity index (χ0n) is 8.29. The Labute approximate surface area is 93.6 Å². The highest BCUT2D eigenvalue weighted by atomic mass is 35.5. The first-order valence-corrected chi connectivity index (χ1v) is 5.40. The monoisotopic (exact) mass is 224 g/mol. The van der Waals surface area contributed by atoms with Gasteiger partial charge < -0.3 is 11.1 Å². The minimum Gasteiger partial charge on any atom is -0.398 e. The van der Waals surface area contributed by atoms with Crippen molar-refractivity contribution in [2.75, 3.05) is 11.1 Å². The van der Waals surface area contributed by atoms with Gasteiger partial charge in [0.15, 0.2) is 0 Å². The smallest absolute Gasteiger partial charge is 0.227 e. The Bertz CT molecular complexity index is 388. The molecule has 1 aliphatic rings. The molecule has 1 saturated carbocycles. The lowest BCUT2D eigenvalue weighted by atomic mass is 9.85. The molecule has 2 rings (SSSR count). The van der Waals surface area contributed by atoms with Crippen LogP contribution in [0.15, 0.2) is 18.2 Å². The Kier molecular flexibility index (Phi) is 2.82. The van der Waals surface area contributed by atoms with E-state index in [4.69, 9.17) is 17.3 Å². The summed E-state index contributed by atoms with van der Waals surface area (Å²) in [5.41, 5.74) is 6.81. The molecule has 0 aliphatic heterocycles. The second-order valence-corrected chi connectivity index (χ2v) is 4.26. The van der Waals surface area contributed by atoms with Crippen LogP contribution < -0.4 is 11.1 Å². The number of amides is 1. The molecule has 0 radical (unpaired) electrons. The molecule has 0 unspecified atom stereocenters. The Hall–Kier alpha value is -1.22. The summed E-state index contributed by atoms with van der Waals surface area (Å²) in [6.07, 6.45) is 3.14. The average molecular weight is 225 g/mol. The number of anilines is 2. The van der Waals surface area contributed by atoms with E-state index in [1.54, 1.807) is 18.2 Å². The average Bonchev–Trinajstić information content (AvgIpc) is 2.08. The van der Waals surface area contributed by atoms with E-state index in [1.165, 1.54) is 0 Å². The Morgan fingerprint density at radius 2 is 2.20 bits per heavy atom. The number of carbonyl (C=O) groups excluding carboxylic acids is 1. The van der Waals surface area contributed by atoms with E-state index >= 15 is 0 Å². The molecule has 1 amide bonds. The van der Waals surface area contributed by atoms with Crippen molar-refractivity contribution in [1.29, 1.82) is 0 Å². The number of rotatable bonds is 2. The minimum atomic E-state index is 0.0853. The summed E-state index contributed by atoms with van der Waals surface area (Å²) in [5, 5.41) is 3.31. The number of carbonyl (C=O) groups is 1. The zero-order chi connectivity index (χ0) is 10.8. The van der Waals surface area contributed by atoms with Crippen molar-refractivity contribution in [3.8, 4) is 0 Å². The maximum atomic E-state index is 11.6. The van der Waals surface area contributed by atoms with Crippen molar-refractivity contribution in [2.45, 2.75) is 19.3 Å². The van der Waals surface area contributed by atoms with Crippen molar-refractivity contribution < 1.29 is 4.79 Å². The van der Waals surface area contributed by atoms with Crippen molar-refractivity contribution in [1.82, 2.24) is 0 Å². The Morgan fingerprint density at radius 1 is 1.47 bits per heavy atom. The van der Waals surface area contributed by atoms with Crippen molar-refractivity contribution in [3.05, 3.63) is 23.2 Å². The maximum absolute atomic E-state index is 11.6. The Balaban J connectivity index is 2.03. The van der Waals surface area contributed by atoms with Gasteiger partial charge in [0.25, 0.3) is 0 Å². The molecule has 0 heterocycles. The highest BCUT2D eigenvalue weighted by Crippen LogP contribution is 2.28. The minimum absolute atomic E-state index is 0.0853. The molecule has 0 aromatic heterocycles. The van der Waals surface area contributed by atoms with Crippen molar-refractivity contribution in [3.63, 3.8) is 0 Å². The van der Waals surface area contributed by atoms with Crippen LogP contribution in [0.1, 0.15) is 19.3 Å². The summed E-state index contributed by atoms with van der Waals surface area (Å²) in [6.45, 7) is 0. The molecule has 0 bridgehead atoms. The number of benzene rings is 1. The van der Waals surface area contributed by atoms with Crippen LogP contribution in [0.3, 0.4) is 0 Å². The lowest BCUT2D eigenvalue weighted by Crippen LogP contribution is -2.27. The quantitative estimate of drug-likeness (QED) is 0.759. The molecule has 4 heteroatoms. The fourth-order valence-electron chi connectivity index (χ4n) is 1.52. The number of nitrogens with one attached hydrogen (secondary N) is 1. The van der Waals surface area contributed by atoms with Gasteiger partial charge in [0.05, 0.1) is 10.7 Å². The third kappa shape index (κ3) is 2.23. The topological polar surface area (TPSA) is 55.1 Å². The second kappa shape index (κ2) is 4.11. The number of hydrogen-bond acceptors (Lipinski definition) is 2. The molecule has 1 aromatic carbocycles. The predicted octanol–water partition coefficient (Wildman–Crippen LogP) is 2.66. The number of nitrogen functional groups attached to an aromatic ring is 1. The SMILES string of the molecule is Nc1ccc(NC(=O)C2CCC2)cc1Cl. The number of halogens is 1. The molecular weight excluding hydrogens is 212 g/mol. The van der Waals surface area contributed by atoms with Crippen LogP contribution in [-0.4, -0.2) is 5.91 Å². The summed E-state index contributed by atoms with van der Waals surface area (Å²) in [5.74, 6) is 0.267. The first-order valence-electron chi connectivity index (χ1n) is 5.02. The molecule has 15 heavy (non-hydrogen) atoms. The zero-order valence-corrected chi connectivity index (χ0v) is 9.05. The molecule has 1 aliphatic carbocycles. The van der Waals surface area contributed by atoms with Gasteiger partial charge in [-0.3, -0.25) is 4.79 Å².